The van der Waals surface area contributed by atoms with E-state index in [0.29, 0.717) is 11.6 Å². The predicted octanol–water partition coefficient (Wildman–Crippen LogP) is 2.07. The third-order valence-corrected chi connectivity index (χ3v) is 2.22. The first-order valence-corrected chi connectivity index (χ1v) is 4.60. The molecule has 0 aliphatic heterocycles. The van der Waals surface area contributed by atoms with Gasteiger partial charge >= 0.3 is 0 Å². The second kappa shape index (κ2) is 3.92. The van der Waals surface area contributed by atoms with Crippen molar-refractivity contribution in [2.75, 3.05) is 0 Å². The van der Waals surface area contributed by atoms with Crippen molar-refractivity contribution in [1.29, 1.82) is 0 Å². The van der Waals surface area contributed by atoms with Crippen LogP contribution in [0.4, 0.5) is 0 Å². The van der Waals surface area contributed by atoms with Crippen LogP contribution in [0, 0.1) is 12.8 Å². The summed E-state index contributed by atoms with van der Waals surface area (Å²) in [6.07, 6.45) is 1.68. The molecule has 4 heteroatoms. The van der Waals surface area contributed by atoms with Gasteiger partial charge < -0.3 is 0 Å². The van der Waals surface area contributed by atoms with E-state index in [1.54, 1.807) is 10.9 Å². The highest BCUT2D eigenvalue weighted by Crippen LogP contribution is 2.12. The van der Waals surface area contributed by atoms with Crippen molar-refractivity contribution in [3.05, 3.63) is 16.9 Å². The summed E-state index contributed by atoms with van der Waals surface area (Å²) in [5, 5.41) is 4.70. The smallest absolute Gasteiger partial charge is 0.156 e. The largest absolute Gasteiger partial charge is 0.297 e. The van der Waals surface area contributed by atoms with Crippen LogP contribution < -0.4 is 0 Å². The first kappa shape index (κ1) is 10.3. The lowest BCUT2D eigenvalue weighted by atomic mass is 10.1. The van der Waals surface area contributed by atoms with Gasteiger partial charge in [-0.25, -0.2) is 0 Å². The van der Waals surface area contributed by atoms with Gasteiger partial charge in [0.05, 0.1) is 17.3 Å². The number of carbonyl (C=O) groups excluding carboxylic acids is 1. The topological polar surface area (TPSA) is 34.9 Å². The summed E-state index contributed by atoms with van der Waals surface area (Å²) in [7, 11) is 0. The normalized spacial score (nSPS) is 10.8. The van der Waals surface area contributed by atoms with E-state index < -0.39 is 0 Å². The summed E-state index contributed by atoms with van der Waals surface area (Å²) in [5.41, 5.74) is 0.762. The highest BCUT2D eigenvalue weighted by Gasteiger charge is 2.09. The van der Waals surface area contributed by atoms with Crippen molar-refractivity contribution in [2.24, 2.45) is 5.92 Å². The van der Waals surface area contributed by atoms with Gasteiger partial charge in [0, 0.05) is 12.1 Å². The van der Waals surface area contributed by atoms with Crippen molar-refractivity contribution in [2.45, 2.75) is 27.3 Å². The standard InChI is InChI=1S/C9H13ClN2O/c1-6(2)9(13)5-12-4-8(10)7(3)11-12/h4,6H,5H2,1-3H3. The van der Waals surface area contributed by atoms with Crippen molar-refractivity contribution in [3.8, 4) is 0 Å². The Kier molecular flexibility index (Phi) is 3.09. The summed E-state index contributed by atoms with van der Waals surface area (Å²) >= 11 is 5.80. The van der Waals surface area contributed by atoms with Crippen LogP contribution in [0.5, 0.6) is 0 Å². The zero-order valence-corrected chi connectivity index (χ0v) is 8.80. The number of ketones is 1. The minimum Gasteiger partial charge on any atom is -0.297 e. The van der Waals surface area contributed by atoms with E-state index in [2.05, 4.69) is 5.10 Å². The second-order valence-corrected chi connectivity index (χ2v) is 3.79. The Morgan fingerprint density at radius 3 is 2.69 bits per heavy atom. The monoisotopic (exact) mass is 200 g/mol. The SMILES string of the molecule is Cc1nn(CC(=O)C(C)C)cc1Cl. The van der Waals surface area contributed by atoms with Crippen LogP contribution in [0.25, 0.3) is 0 Å². The maximum Gasteiger partial charge on any atom is 0.156 e. The molecule has 0 aliphatic carbocycles. The fourth-order valence-corrected chi connectivity index (χ4v) is 1.07. The molecule has 0 aliphatic rings. The number of carbonyl (C=O) groups is 1. The summed E-state index contributed by atoms with van der Waals surface area (Å²) in [5.74, 6) is 0.211. The van der Waals surface area contributed by atoms with E-state index in [1.807, 2.05) is 20.8 Å². The average molecular weight is 201 g/mol. The van der Waals surface area contributed by atoms with E-state index in [0.717, 1.165) is 5.69 Å². The van der Waals surface area contributed by atoms with E-state index in [4.69, 9.17) is 11.6 Å². The summed E-state index contributed by atoms with van der Waals surface area (Å²) in [6.45, 7) is 5.88. The molecular weight excluding hydrogens is 188 g/mol. The molecule has 0 aromatic carbocycles. The zero-order chi connectivity index (χ0) is 10.0. The number of halogens is 1. The van der Waals surface area contributed by atoms with Crippen LogP contribution >= 0.6 is 11.6 Å². The molecule has 0 N–H and O–H groups in total. The third-order valence-electron chi connectivity index (χ3n) is 1.85. The highest BCUT2D eigenvalue weighted by molar-refractivity contribution is 6.31. The molecule has 0 fully saturated rings. The molecule has 0 atom stereocenters. The van der Waals surface area contributed by atoms with Crippen molar-refractivity contribution < 1.29 is 4.79 Å². The lowest BCUT2D eigenvalue weighted by molar-refractivity contribution is -0.122. The first-order valence-electron chi connectivity index (χ1n) is 4.23. The molecule has 0 radical (unpaired) electrons. The number of aryl methyl sites for hydroxylation is 1. The molecule has 0 unspecified atom stereocenters. The fourth-order valence-electron chi connectivity index (χ4n) is 0.917. The molecule has 1 heterocycles. The Morgan fingerprint density at radius 2 is 2.31 bits per heavy atom. The second-order valence-electron chi connectivity index (χ2n) is 3.38. The number of rotatable bonds is 3. The van der Waals surface area contributed by atoms with Crippen molar-refractivity contribution in [3.63, 3.8) is 0 Å². The highest BCUT2D eigenvalue weighted by atomic mass is 35.5. The number of Topliss-reactive ketones (excluding diaryl/α,β-unsaturated/α-hetero) is 1. The molecule has 0 saturated heterocycles. The first-order chi connectivity index (χ1) is 6.00. The molecule has 1 aromatic rings. The number of aromatic nitrogens is 2. The van der Waals surface area contributed by atoms with Gasteiger partial charge in [0.25, 0.3) is 0 Å². The van der Waals surface area contributed by atoms with Crippen LogP contribution in [0.1, 0.15) is 19.5 Å². The third kappa shape index (κ3) is 2.56. The summed E-state index contributed by atoms with van der Waals surface area (Å²) in [4.78, 5) is 11.3. The van der Waals surface area contributed by atoms with Crippen LogP contribution in [0.15, 0.2) is 6.20 Å². The maximum atomic E-state index is 11.3. The van der Waals surface area contributed by atoms with E-state index in [-0.39, 0.29) is 11.7 Å². The summed E-state index contributed by atoms with van der Waals surface area (Å²) in [6, 6.07) is 0. The van der Waals surface area contributed by atoms with Gasteiger partial charge in [-0.2, -0.15) is 5.10 Å². The van der Waals surface area contributed by atoms with Crippen molar-refractivity contribution >= 4 is 17.4 Å². The predicted molar refractivity (Wildman–Crippen MR) is 51.8 cm³/mol. The molecular formula is C9H13ClN2O. The van der Waals surface area contributed by atoms with Crippen LogP contribution in [-0.4, -0.2) is 15.6 Å². The van der Waals surface area contributed by atoms with Crippen LogP contribution in [-0.2, 0) is 11.3 Å². The molecule has 13 heavy (non-hydrogen) atoms. The van der Waals surface area contributed by atoms with Gasteiger partial charge in [0.2, 0.25) is 0 Å². The van der Waals surface area contributed by atoms with E-state index >= 15 is 0 Å². The molecule has 0 bridgehead atoms. The number of hydrogen-bond donors (Lipinski definition) is 0. The minimum absolute atomic E-state index is 0.0447. The molecule has 0 saturated carbocycles. The quantitative estimate of drug-likeness (QED) is 0.749. The Bertz CT molecular complexity index is 298. The number of hydrogen-bond acceptors (Lipinski definition) is 2. The summed E-state index contributed by atoms with van der Waals surface area (Å²) < 4.78 is 1.58. The molecule has 0 amide bonds. The van der Waals surface area contributed by atoms with Gasteiger partial charge in [-0.15, -0.1) is 0 Å². The molecule has 1 rings (SSSR count). The lowest BCUT2D eigenvalue weighted by Gasteiger charge is -2.02. The van der Waals surface area contributed by atoms with Gasteiger partial charge in [0.1, 0.15) is 0 Å². The molecule has 3 nitrogen and oxygen atoms in total. The Balaban J connectivity index is 2.70. The van der Waals surface area contributed by atoms with Gasteiger partial charge in [-0.1, -0.05) is 25.4 Å². The fraction of sp³-hybridized carbons (Fsp3) is 0.556. The molecule has 72 valence electrons. The zero-order valence-electron chi connectivity index (χ0n) is 8.04. The van der Waals surface area contributed by atoms with Gasteiger partial charge in [-0.05, 0) is 6.92 Å². The maximum absolute atomic E-state index is 11.3. The van der Waals surface area contributed by atoms with E-state index in [1.165, 1.54) is 0 Å². The van der Waals surface area contributed by atoms with Crippen LogP contribution in [0.3, 0.4) is 0 Å². The average Bonchev–Trinajstić information content (AvgIpc) is 2.31. The van der Waals surface area contributed by atoms with Crippen LogP contribution in [0.2, 0.25) is 5.02 Å². The lowest BCUT2D eigenvalue weighted by Crippen LogP contribution is -2.15. The molecule has 0 spiro atoms. The van der Waals surface area contributed by atoms with Crippen molar-refractivity contribution in [1.82, 2.24) is 9.78 Å². The number of nitrogens with zero attached hydrogens (tertiary/aromatic N) is 2. The Labute approximate surface area is 82.7 Å². The van der Waals surface area contributed by atoms with E-state index in [9.17, 15) is 4.79 Å². The minimum atomic E-state index is 0.0447. The molecule has 1 aromatic heterocycles. The Hall–Kier alpha value is -0.830. The Morgan fingerprint density at radius 1 is 1.69 bits per heavy atom. The van der Waals surface area contributed by atoms with Gasteiger partial charge in [-0.3, -0.25) is 9.48 Å². The van der Waals surface area contributed by atoms with Gasteiger partial charge in [0.15, 0.2) is 5.78 Å².